The molecule has 6 nitrogen and oxygen atoms in total. The highest BCUT2D eigenvalue weighted by Gasteiger charge is 2.13. The molecule has 2 aromatic heterocycles. The molecule has 0 amide bonds. The molecule has 2 heterocycles. The smallest absolute Gasteiger partial charge is 0.201 e. The third-order valence-corrected chi connectivity index (χ3v) is 3.99. The molecule has 0 saturated heterocycles. The number of ether oxygens (including phenoxy) is 2. The van der Waals surface area contributed by atoms with Gasteiger partial charge in [-0.1, -0.05) is 0 Å². The fourth-order valence-corrected chi connectivity index (χ4v) is 2.89. The number of fused-ring (bicyclic) bond motifs is 1. The Kier molecular flexibility index (Phi) is 3.66. The first-order valence-corrected chi connectivity index (χ1v) is 7.42. The van der Waals surface area contributed by atoms with E-state index in [0.29, 0.717) is 17.4 Å². The van der Waals surface area contributed by atoms with Crippen LogP contribution in [0.1, 0.15) is 5.69 Å². The molecule has 0 saturated carbocycles. The Labute approximate surface area is 126 Å². The second-order valence-electron chi connectivity index (χ2n) is 4.55. The van der Waals surface area contributed by atoms with E-state index >= 15 is 0 Å². The number of imidazole rings is 1. The molecule has 0 aliphatic carbocycles. The van der Waals surface area contributed by atoms with Crippen molar-refractivity contribution in [3.05, 3.63) is 28.7 Å². The monoisotopic (exact) mass is 304 g/mol. The van der Waals surface area contributed by atoms with Gasteiger partial charge in [0.2, 0.25) is 5.95 Å². The maximum atomic E-state index is 6.03. The second kappa shape index (κ2) is 5.61. The number of thiazole rings is 1. The lowest BCUT2D eigenvalue weighted by molar-refractivity contribution is 0.355. The molecule has 2 N–H and O–H groups in total. The molecule has 3 aromatic rings. The lowest BCUT2D eigenvalue weighted by Gasteiger charge is -2.09. The van der Waals surface area contributed by atoms with Crippen LogP contribution >= 0.6 is 11.3 Å². The van der Waals surface area contributed by atoms with Gasteiger partial charge in [-0.15, -0.1) is 11.3 Å². The minimum absolute atomic E-state index is 0.482. The van der Waals surface area contributed by atoms with Crippen molar-refractivity contribution in [1.82, 2.24) is 14.5 Å². The van der Waals surface area contributed by atoms with Crippen LogP contribution in [0.4, 0.5) is 5.95 Å². The van der Waals surface area contributed by atoms with Gasteiger partial charge in [-0.05, 0) is 0 Å². The molecule has 0 aliphatic rings. The number of nitrogen functional groups attached to an aromatic ring is 1. The summed E-state index contributed by atoms with van der Waals surface area (Å²) < 4.78 is 12.6. The number of hydrogen-bond donors (Lipinski definition) is 1. The number of aromatic nitrogens is 3. The van der Waals surface area contributed by atoms with Gasteiger partial charge < -0.3 is 19.8 Å². The Hall–Kier alpha value is -2.28. The van der Waals surface area contributed by atoms with Crippen molar-refractivity contribution in [2.24, 2.45) is 0 Å². The molecule has 0 atom stereocenters. The van der Waals surface area contributed by atoms with E-state index < -0.39 is 0 Å². The number of anilines is 1. The lowest BCUT2D eigenvalue weighted by atomic mass is 10.2. The van der Waals surface area contributed by atoms with E-state index in [9.17, 15) is 0 Å². The topological polar surface area (TPSA) is 75.2 Å². The molecule has 1 aromatic carbocycles. The van der Waals surface area contributed by atoms with Crippen LogP contribution in [-0.4, -0.2) is 28.8 Å². The van der Waals surface area contributed by atoms with Crippen LogP contribution in [0, 0.1) is 0 Å². The maximum Gasteiger partial charge on any atom is 0.201 e. The van der Waals surface area contributed by atoms with E-state index in [1.165, 1.54) is 0 Å². The van der Waals surface area contributed by atoms with E-state index in [2.05, 4.69) is 9.97 Å². The Balaban J connectivity index is 1.99. The summed E-state index contributed by atoms with van der Waals surface area (Å²) in [6, 6.07) is 3.74. The minimum atomic E-state index is 0.482. The number of rotatable bonds is 5. The fraction of sp³-hybridized carbons (Fsp3) is 0.286. The SMILES string of the molecule is COc1cc2nc(N)n(CCc3cscn3)c2cc1OC. The fourth-order valence-electron chi connectivity index (χ4n) is 2.29. The van der Waals surface area contributed by atoms with Gasteiger partial charge in [0.25, 0.3) is 0 Å². The largest absolute Gasteiger partial charge is 0.493 e. The predicted octanol–water partition coefficient (Wildman–Crippen LogP) is 2.33. The zero-order chi connectivity index (χ0) is 14.8. The summed E-state index contributed by atoms with van der Waals surface area (Å²) in [5, 5.41) is 2.04. The van der Waals surface area contributed by atoms with E-state index in [-0.39, 0.29) is 0 Å². The van der Waals surface area contributed by atoms with E-state index in [0.717, 1.165) is 29.7 Å². The molecule has 110 valence electrons. The average Bonchev–Trinajstić information content (AvgIpc) is 3.10. The third kappa shape index (κ3) is 2.52. The number of benzene rings is 1. The van der Waals surface area contributed by atoms with Crippen LogP contribution in [0.25, 0.3) is 11.0 Å². The summed E-state index contributed by atoms with van der Waals surface area (Å²) >= 11 is 1.59. The molecule has 0 unspecified atom stereocenters. The summed E-state index contributed by atoms with van der Waals surface area (Å²) in [7, 11) is 3.22. The first-order chi connectivity index (χ1) is 10.2. The van der Waals surface area contributed by atoms with Crippen LogP contribution in [-0.2, 0) is 13.0 Å². The van der Waals surface area contributed by atoms with Crippen molar-refractivity contribution in [3.8, 4) is 11.5 Å². The van der Waals surface area contributed by atoms with Crippen molar-refractivity contribution >= 4 is 28.3 Å². The van der Waals surface area contributed by atoms with Crippen molar-refractivity contribution in [2.45, 2.75) is 13.0 Å². The molecule has 21 heavy (non-hydrogen) atoms. The minimum Gasteiger partial charge on any atom is -0.493 e. The van der Waals surface area contributed by atoms with E-state index in [4.69, 9.17) is 15.2 Å². The summed E-state index contributed by atoms with van der Waals surface area (Å²) in [4.78, 5) is 8.67. The summed E-state index contributed by atoms with van der Waals surface area (Å²) in [5.74, 6) is 1.80. The third-order valence-electron chi connectivity index (χ3n) is 3.36. The molecule has 0 radical (unpaired) electrons. The molecular formula is C14H16N4O2S. The zero-order valence-corrected chi connectivity index (χ0v) is 12.7. The number of methoxy groups -OCH3 is 2. The normalized spacial score (nSPS) is 11.0. The number of hydrogen-bond acceptors (Lipinski definition) is 6. The van der Waals surface area contributed by atoms with Gasteiger partial charge >= 0.3 is 0 Å². The van der Waals surface area contributed by atoms with E-state index in [1.807, 2.05) is 27.6 Å². The Morgan fingerprint density at radius 3 is 2.67 bits per heavy atom. The molecule has 3 rings (SSSR count). The highest BCUT2D eigenvalue weighted by molar-refractivity contribution is 7.07. The number of nitrogens with two attached hydrogens (primary N) is 1. The Bertz CT molecular complexity index is 752. The Morgan fingerprint density at radius 1 is 1.24 bits per heavy atom. The van der Waals surface area contributed by atoms with Gasteiger partial charge in [0.1, 0.15) is 0 Å². The summed E-state index contributed by atoms with van der Waals surface area (Å²) in [6.45, 7) is 0.724. The Morgan fingerprint density at radius 2 is 2.00 bits per heavy atom. The number of nitrogens with zero attached hydrogens (tertiary/aromatic N) is 3. The van der Waals surface area contributed by atoms with Crippen molar-refractivity contribution < 1.29 is 9.47 Å². The predicted molar refractivity (Wildman–Crippen MR) is 83.1 cm³/mol. The molecule has 0 aliphatic heterocycles. The second-order valence-corrected chi connectivity index (χ2v) is 5.27. The molecule has 7 heteroatoms. The highest BCUT2D eigenvalue weighted by atomic mass is 32.1. The van der Waals surface area contributed by atoms with Crippen molar-refractivity contribution in [1.29, 1.82) is 0 Å². The van der Waals surface area contributed by atoms with Crippen molar-refractivity contribution in [2.75, 3.05) is 20.0 Å². The quantitative estimate of drug-likeness (QED) is 0.783. The first kappa shape index (κ1) is 13.7. The lowest BCUT2D eigenvalue weighted by Crippen LogP contribution is -2.06. The van der Waals surface area contributed by atoms with Crippen LogP contribution in [0.2, 0.25) is 0 Å². The van der Waals surface area contributed by atoms with Gasteiger partial charge in [0.15, 0.2) is 11.5 Å². The van der Waals surface area contributed by atoms with E-state index in [1.54, 1.807) is 25.6 Å². The number of aryl methyl sites for hydroxylation is 2. The summed E-state index contributed by atoms with van der Waals surface area (Å²) in [5.41, 5.74) is 10.6. The molecular weight excluding hydrogens is 288 g/mol. The molecule has 0 spiro atoms. The standard InChI is InChI=1S/C14H16N4O2S/c1-19-12-5-10-11(6-13(12)20-2)18(14(15)17-10)4-3-9-7-21-8-16-9/h5-8H,3-4H2,1-2H3,(H2,15,17). The van der Waals surface area contributed by atoms with Crippen LogP contribution in [0.5, 0.6) is 11.5 Å². The van der Waals surface area contributed by atoms with Gasteiger partial charge in [-0.2, -0.15) is 0 Å². The van der Waals surface area contributed by atoms with Crippen LogP contribution in [0.3, 0.4) is 0 Å². The summed E-state index contributed by atoms with van der Waals surface area (Å²) in [6.07, 6.45) is 0.813. The van der Waals surface area contributed by atoms with Crippen molar-refractivity contribution in [3.63, 3.8) is 0 Å². The van der Waals surface area contributed by atoms with Gasteiger partial charge in [0, 0.05) is 30.5 Å². The first-order valence-electron chi connectivity index (χ1n) is 6.47. The van der Waals surface area contributed by atoms with Crippen LogP contribution in [0.15, 0.2) is 23.0 Å². The van der Waals surface area contributed by atoms with Crippen LogP contribution < -0.4 is 15.2 Å². The zero-order valence-electron chi connectivity index (χ0n) is 11.9. The highest BCUT2D eigenvalue weighted by Crippen LogP contribution is 2.33. The molecule has 0 bridgehead atoms. The van der Waals surface area contributed by atoms with Gasteiger partial charge in [-0.3, -0.25) is 0 Å². The molecule has 0 fully saturated rings. The van der Waals surface area contributed by atoms with Gasteiger partial charge in [-0.25, -0.2) is 9.97 Å². The average molecular weight is 304 g/mol. The maximum absolute atomic E-state index is 6.03. The van der Waals surface area contributed by atoms with Gasteiger partial charge in [0.05, 0.1) is 36.5 Å².